The fraction of sp³-hybridized carbons (Fsp3) is 0.316. The standard InChI is InChI=1S/C19H20N4O2/c1-3-15-22-16-13(8-9-20-18(16)23-15)19(24)21-14-10-11-6-4-5-7-12(11)17(14)25-2/h4-9,14,17H,3,10H2,1-2H3,(H,21,24)(H,20,22,23)/t14-,17+/m1/s1. The fourth-order valence-electron chi connectivity index (χ4n) is 3.54. The number of benzene rings is 1. The van der Waals surface area contributed by atoms with Gasteiger partial charge < -0.3 is 15.0 Å². The van der Waals surface area contributed by atoms with Crippen LogP contribution >= 0.6 is 0 Å². The summed E-state index contributed by atoms with van der Waals surface area (Å²) in [5.74, 6) is 0.685. The minimum atomic E-state index is -0.140. The maximum Gasteiger partial charge on any atom is 0.253 e. The molecule has 0 spiro atoms. The topological polar surface area (TPSA) is 79.9 Å². The number of carbonyl (C=O) groups excluding carboxylic acids is 1. The molecule has 2 atom stereocenters. The van der Waals surface area contributed by atoms with Crippen LogP contribution in [-0.4, -0.2) is 34.0 Å². The molecule has 6 heteroatoms. The van der Waals surface area contributed by atoms with Gasteiger partial charge in [-0.25, -0.2) is 9.97 Å². The molecule has 6 nitrogen and oxygen atoms in total. The Bertz CT molecular complexity index is 934. The van der Waals surface area contributed by atoms with E-state index >= 15 is 0 Å². The van der Waals surface area contributed by atoms with Crippen LogP contribution < -0.4 is 5.32 Å². The molecule has 25 heavy (non-hydrogen) atoms. The van der Waals surface area contributed by atoms with Gasteiger partial charge in [-0.05, 0) is 23.6 Å². The van der Waals surface area contributed by atoms with Crippen molar-refractivity contribution in [2.45, 2.75) is 31.9 Å². The fourth-order valence-corrected chi connectivity index (χ4v) is 3.54. The molecule has 0 unspecified atom stereocenters. The predicted molar refractivity (Wildman–Crippen MR) is 94.4 cm³/mol. The molecule has 2 aromatic heterocycles. The van der Waals surface area contributed by atoms with E-state index in [4.69, 9.17) is 4.74 Å². The zero-order chi connectivity index (χ0) is 17.4. The van der Waals surface area contributed by atoms with Gasteiger partial charge in [0.2, 0.25) is 0 Å². The Morgan fingerprint density at radius 1 is 1.36 bits per heavy atom. The van der Waals surface area contributed by atoms with Crippen molar-refractivity contribution in [3.63, 3.8) is 0 Å². The van der Waals surface area contributed by atoms with Gasteiger partial charge in [-0.1, -0.05) is 31.2 Å². The number of nitrogens with zero attached hydrogens (tertiary/aromatic N) is 2. The Morgan fingerprint density at radius 3 is 3.00 bits per heavy atom. The largest absolute Gasteiger partial charge is 0.375 e. The van der Waals surface area contributed by atoms with E-state index in [1.807, 2.05) is 19.1 Å². The third-order valence-corrected chi connectivity index (χ3v) is 4.76. The van der Waals surface area contributed by atoms with Crippen molar-refractivity contribution in [2.75, 3.05) is 7.11 Å². The molecule has 128 valence electrons. The monoisotopic (exact) mass is 336 g/mol. The first-order valence-corrected chi connectivity index (χ1v) is 8.46. The number of aromatic nitrogens is 3. The first-order valence-electron chi connectivity index (χ1n) is 8.46. The highest BCUT2D eigenvalue weighted by molar-refractivity contribution is 6.04. The molecule has 2 heterocycles. The molecule has 0 aliphatic heterocycles. The number of amides is 1. The first kappa shape index (κ1) is 15.8. The molecule has 0 fully saturated rings. The van der Waals surface area contributed by atoms with Crippen molar-refractivity contribution in [3.8, 4) is 0 Å². The van der Waals surface area contributed by atoms with Gasteiger partial charge in [-0.3, -0.25) is 4.79 Å². The molecule has 1 aliphatic carbocycles. The highest BCUT2D eigenvalue weighted by Crippen LogP contribution is 2.33. The van der Waals surface area contributed by atoms with Crippen LogP contribution in [0.25, 0.3) is 11.2 Å². The normalized spacial score (nSPS) is 19.1. The number of fused-ring (bicyclic) bond motifs is 2. The second-order valence-corrected chi connectivity index (χ2v) is 6.23. The smallest absolute Gasteiger partial charge is 0.253 e. The number of H-pyrrole nitrogens is 1. The van der Waals surface area contributed by atoms with Gasteiger partial charge in [0.05, 0.1) is 17.1 Å². The zero-order valence-electron chi connectivity index (χ0n) is 14.2. The minimum Gasteiger partial charge on any atom is -0.375 e. The first-order chi connectivity index (χ1) is 12.2. The lowest BCUT2D eigenvalue weighted by Crippen LogP contribution is -2.38. The second-order valence-electron chi connectivity index (χ2n) is 6.23. The molecule has 1 aliphatic rings. The SMILES string of the molecule is CCc1nc2nccc(C(=O)N[C@@H]3Cc4ccccc4[C@@H]3OC)c2[nH]1. The van der Waals surface area contributed by atoms with Crippen LogP contribution in [0.4, 0.5) is 0 Å². The summed E-state index contributed by atoms with van der Waals surface area (Å²) in [5.41, 5.74) is 4.17. The Morgan fingerprint density at radius 2 is 2.20 bits per heavy atom. The number of carbonyl (C=O) groups is 1. The lowest BCUT2D eigenvalue weighted by Gasteiger charge is -2.20. The molecule has 0 saturated heterocycles. The molecule has 0 radical (unpaired) electrons. The van der Waals surface area contributed by atoms with Gasteiger partial charge in [-0.2, -0.15) is 0 Å². The summed E-state index contributed by atoms with van der Waals surface area (Å²) < 4.78 is 5.65. The molecule has 2 N–H and O–H groups in total. The van der Waals surface area contributed by atoms with Crippen molar-refractivity contribution in [1.29, 1.82) is 0 Å². The van der Waals surface area contributed by atoms with Crippen LogP contribution in [0.15, 0.2) is 36.5 Å². The minimum absolute atomic E-state index is 0.0910. The van der Waals surface area contributed by atoms with E-state index in [1.165, 1.54) is 5.56 Å². The number of methoxy groups -OCH3 is 1. The van der Waals surface area contributed by atoms with E-state index in [2.05, 4.69) is 32.4 Å². The highest BCUT2D eigenvalue weighted by atomic mass is 16.5. The summed E-state index contributed by atoms with van der Waals surface area (Å²) in [4.78, 5) is 24.7. The summed E-state index contributed by atoms with van der Waals surface area (Å²) >= 11 is 0. The summed E-state index contributed by atoms with van der Waals surface area (Å²) in [6.45, 7) is 2.01. The van der Waals surface area contributed by atoms with Crippen LogP contribution in [0.3, 0.4) is 0 Å². The predicted octanol–water partition coefficient (Wildman–Crippen LogP) is 2.56. The van der Waals surface area contributed by atoms with Crippen molar-refractivity contribution >= 4 is 17.1 Å². The van der Waals surface area contributed by atoms with E-state index in [1.54, 1.807) is 19.4 Å². The van der Waals surface area contributed by atoms with E-state index in [0.717, 1.165) is 24.2 Å². The number of nitrogens with one attached hydrogen (secondary N) is 2. The Kier molecular flexibility index (Phi) is 3.97. The Hall–Kier alpha value is -2.73. The lowest BCUT2D eigenvalue weighted by molar-refractivity contribution is 0.0676. The molecule has 1 aromatic carbocycles. The third kappa shape index (κ3) is 2.68. The third-order valence-electron chi connectivity index (χ3n) is 4.76. The van der Waals surface area contributed by atoms with E-state index < -0.39 is 0 Å². The van der Waals surface area contributed by atoms with Crippen LogP contribution in [0, 0.1) is 0 Å². The number of aromatic amines is 1. The second kappa shape index (κ2) is 6.29. The Balaban J connectivity index is 1.62. The molecular formula is C19H20N4O2. The average molecular weight is 336 g/mol. The van der Waals surface area contributed by atoms with Gasteiger partial charge >= 0.3 is 0 Å². The van der Waals surface area contributed by atoms with Crippen LogP contribution in [0.2, 0.25) is 0 Å². The molecular weight excluding hydrogens is 316 g/mol. The van der Waals surface area contributed by atoms with E-state index in [0.29, 0.717) is 16.7 Å². The number of pyridine rings is 1. The molecule has 0 saturated carbocycles. The summed E-state index contributed by atoms with van der Waals surface area (Å²) in [7, 11) is 1.68. The van der Waals surface area contributed by atoms with E-state index in [9.17, 15) is 4.79 Å². The van der Waals surface area contributed by atoms with Crippen molar-refractivity contribution in [2.24, 2.45) is 0 Å². The molecule has 0 bridgehead atoms. The number of aryl methyl sites for hydroxylation is 1. The quantitative estimate of drug-likeness (QED) is 0.767. The average Bonchev–Trinajstić information content (AvgIpc) is 3.21. The highest BCUT2D eigenvalue weighted by Gasteiger charge is 2.33. The van der Waals surface area contributed by atoms with Crippen molar-refractivity contribution in [1.82, 2.24) is 20.3 Å². The van der Waals surface area contributed by atoms with Gasteiger partial charge in [0.1, 0.15) is 11.9 Å². The zero-order valence-corrected chi connectivity index (χ0v) is 14.2. The van der Waals surface area contributed by atoms with Gasteiger partial charge in [0.25, 0.3) is 5.91 Å². The molecule has 4 rings (SSSR count). The van der Waals surface area contributed by atoms with Gasteiger partial charge in [-0.15, -0.1) is 0 Å². The van der Waals surface area contributed by atoms with Crippen LogP contribution in [0.5, 0.6) is 0 Å². The van der Waals surface area contributed by atoms with Crippen molar-refractivity contribution in [3.05, 3.63) is 59.0 Å². The molecule has 1 amide bonds. The number of imidazole rings is 1. The summed E-state index contributed by atoms with van der Waals surface area (Å²) in [6.07, 6.45) is 3.01. The Labute approximate surface area is 145 Å². The number of hydrogen-bond donors (Lipinski definition) is 2. The van der Waals surface area contributed by atoms with Crippen LogP contribution in [-0.2, 0) is 17.6 Å². The maximum atomic E-state index is 12.9. The van der Waals surface area contributed by atoms with Crippen LogP contribution in [0.1, 0.15) is 40.3 Å². The van der Waals surface area contributed by atoms with E-state index in [-0.39, 0.29) is 18.1 Å². The van der Waals surface area contributed by atoms with Gasteiger partial charge in [0.15, 0.2) is 5.65 Å². The number of rotatable bonds is 4. The van der Waals surface area contributed by atoms with Gasteiger partial charge in [0, 0.05) is 19.7 Å². The lowest BCUT2D eigenvalue weighted by atomic mass is 10.1. The summed E-state index contributed by atoms with van der Waals surface area (Å²) in [5, 5.41) is 3.12. The molecule has 3 aromatic rings. The maximum absolute atomic E-state index is 12.9. The number of ether oxygens (including phenoxy) is 1. The van der Waals surface area contributed by atoms with Crippen molar-refractivity contribution < 1.29 is 9.53 Å². The summed E-state index contributed by atoms with van der Waals surface area (Å²) in [6, 6.07) is 9.78. The number of hydrogen-bond acceptors (Lipinski definition) is 4.